The number of carbonyl (C=O) groups is 1. The number of amides is 1. The number of ether oxygens (including phenoxy) is 1. The third-order valence-electron chi connectivity index (χ3n) is 2.90. The summed E-state index contributed by atoms with van der Waals surface area (Å²) in [4.78, 5) is 13.9. The predicted octanol–water partition coefficient (Wildman–Crippen LogP) is 1.26. The molecule has 1 N–H and O–H groups in total. The van der Waals surface area contributed by atoms with E-state index in [9.17, 15) is 4.79 Å². The monoisotopic (exact) mass is 230 g/mol. The lowest BCUT2D eigenvalue weighted by atomic mass is 10.2. The van der Waals surface area contributed by atoms with Crippen LogP contribution in [0, 0.1) is 0 Å². The van der Waals surface area contributed by atoms with Crippen molar-refractivity contribution in [2.45, 2.75) is 45.7 Å². The smallest absolute Gasteiger partial charge is 0.237 e. The molecule has 0 saturated carbocycles. The number of hydrogen-bond donors (Lipinski definition) is 1. The summed E-state index contributed by atoms with van der Waals surface area (Å²) in [6, 6.07) is 0.174. The standard InChI is InChI=1S/C12H26N2O2/c1-6-10(2)13-12(15)11(3)14(4)8-7-9-16-5/h10-11H,6-9H2,1-5H3,(H,13,15). The molecule has 0 aromatic rings. The van der Waals surface area contributed by atoms with Crippen molar-refractivity contribution >= 4 is 5.91 Å². The molecule has 0 rings (SSSR count). The number of hydrogen-bond acceptors (Lipinski definition) is 3. The first-order valence-corrected chi connectivity index (χ1v) is 6.02. The zero-order valence-electron chi connectivity index (χ0n) is 11.2. The summed E-state index contributed by atoms with van der Waals surface area (Å²) in [5, 5.41) is 2.99. The molecule has 2 atom stereocenters. The quantitative estimate of drug-likeness (QED) is 0.638. The maximum absolute atomic E-state index is 11.8. The van der Waals surface area contributed by atoms with Crippen molar-refractivity contribution in [3.63, 3.8) is 0 Å². The Hall–Kier alpha value is -0.610. The van der Waals surface area contributed by atoms with Crippen molar-refractivity contribution in [1.82, 2.24) is 10.2 Å². The van der Waals surface area contributed by atoms with Crippen molar-refractivity contribution < 1.29 is 9.53 Å². The van der Waals surface area contributed by atoms with Crippen LogP contribution in [0.25, 0.3) is 0 Å². The molecule has 0 heterocycles. The molecular formula is C12H26N2O2. The lowest BCUT2D eigenvalue weighted by Crippen LogP contribution is -2.46. The molecule has 16 heavy (non-hydrogen) atoms. The average Bonchev–Trinajstić information content (AvgIpc) is 2.27. The first-order chi connectivity index (χ1) is 7.52. The molecular weight excluding hydrogens is 204 g/mol. The third-order valence-corrected chi connectivity index (χ3v) is 2.90. The van der Waals surface area contributed by atoms with Crippen molar-refractivity contribution in [3.8, 4) is 0 Å². The van der Waals surface area contributed by atoms with E-state index in [1.54, 1.807) is 7.11 Å². The lowest BCUT2D eigenvalue weighted by Gasteiger charge is -2.25. The number of nitrogens with zero attached hydrogens (tertiary/aromatic N) is 1. The van der Waals surface area contributed by atoms with Crippen LogP contribution < -0.4 is 5.32 Å². The Balaban J connectivity index is 3.91. The summed E-state index contributed by atoms with van der Waals surface area (Å²) in [7, 11) is 3.66. The van der Waals surface area contributed by atoms with Gasteiger partial charge in [-0.25, -0.2) is 0 Å². The first kappa shape index (κ1) is 15.4. The summed E-state index contributed by atoms with van der Waals surface area (Å²) in [6.45, 7) is 7.64. The molecule has 4 heteroatoms. The molecule has 0 saturated heterocycles. The normalized spacial score (nSPS) is 14.9. The van der Waals surface area contributed by atoms with Gasteiger partial charge in [0.05, 0.1) is 6.04 Å². The molecule has 0 bridgehead atoms. The zero-order valence-corrected chi connectivity index (χ0v) is 11.2. The van der Waals surface area contributed by atoms with Crippen molar-refractivity contribution in [1.29, 1.82) is 0 Å². The van der Waals surface area contributed by atoms with E-state index in [1.165, 1.54) is 0 Å². The van der Waals surface area contributed by atoms with Gasteiger partial charge in [0.15, 0.2) is 0 Å². The Morgan fingerprint density at radius 2 is 2.06 bits per heavy atom. The number of likely N-dealkylation sites (N-methyl/N-ethyl adjacent to an activating group) is 1. The third kappa shape index (κ3) is 6.08. The fraction of sp³-hybridized carbons (Fsp3) is 0.917. The second-order valence-corrected chi connectivity index (χ2v) is 4.32. The van der Waals surface area contributed by atoms with Crippen LogP contribution in [-0.4, -0.2) is 50.2 Å². The molecule has 0 aromatic carbocycles. The SMILES string of the molecule is CCC(C)NC(=O)C(C)N(C)CCCOC. The first-order valence-electron chi connectivity index (χ1n) is 6.02. The maximum atomic E-state index is 11.8. The van der Waals surface area contributed by atoms with Crippen molar-refractivity contribution in [2.75, 3.05) is 27.3 Å². The van der Waals surface area contributed by atoms with Gasteiger partial charge in [-0.1, -0.05) is 6.92 Å². The van der Waals surface area contributed by atoms with Gasteiger partial charge in [0.1, 0.15) is 0 Å². The molecule has 96 valence electrons. The number of carbonyl (C=O) groups excluding carboxylic acids is 1. The van der Waals surface area contributed by atoms with E-state index in [4.69, 9.17) is 4.74 Å². The van der Waals surface area contributed by atoms with Gasteiger partial charge in [-0.15, -0.1) is 0 Å². The lowest BCUT2D eigenvalue weighted by molar-refractivity contribution is -0.126. The van der Waals surface area contributed by atoms with E-state index in [0.717, 1.165) is 26.0 Å². The molecule has 2 unspecified atom stereocenters. The van der Waals surface area contributed by atoms with Crippen LogP contribution in [0.15, 0.2) is 0 Å². The van der Waals surface area contributed by atoms with Crippen LogP contribution in [-0.2, 0) is 9.53 Å². The van der Waals surface area contributed by atoms with E-state index < -0.39 is 0 Å². The largest absolute Gasteiger partial charge is 0.385 e. The Bertz CT molecular complexity index is 197. The molecule has 0 aliphatic rings. The van der Waals surface area contributed by atoms with Crippen LogP contribution in [0.3, 0.4) is 0 Å². The number of rotatable bonds is 8. The topological polar surface area (TPSA) is 41.6 Å². The minimum atomic E-state index is -0.0779. The van der Waals surface area contributed by atoms with Crippen LogP contribution in [0.5, 0.6) is 0 Å². The molecule has 0 aliphatic heterocycles. The number of methoxy groups -OCH3 is 1. The summed E-state index contributed by atoms with van der Waals surface area (Å²) in [6.07, 6.45) is 1.92. The minimum Gasteiger partial charge on any atom is -0.385 e. The van der Waals surface area contributed by atoms with E-state index >= 15 is 0 Å². The van der Waals surface area contributed by atoms with Gasteiger partial charge in [0.2, 0.25) is 5.91 Å². The Kier molecular flexibility index (Phi) is 8.21. The van der Waals surface area contributed by atoms with E-state index in [0.29, 0.717) is 0 Å². The van der Waals surface area contributed by atoms with Gasteiger partial charge in [-0.05, 0) is 33.7 Å². The van der Waals surface area contributed by atoms with Crippen molar-refractivity contribution in [2.24, 2.45) is 0 Å². The molecule has 0 spiro atoms. The molecule has 4 nitrogen and oxygen atoms in total. The van der Waals surface area contributed by atoms with Gasteiger partial charge in [-0.2, -0.15) is 0 Å². The predicted molar refractivity (Wildman–Crippen MR) is 66.5 cm³/mol. The molecule has 0 radical (unpaired) electrons. The number of nitrogens with one attached hydrogen (secondary N) is 1. The van der Waals surface area contributed by atoms with E-state index in [1.807, 2.05) is 20.9 Å². The second-order valence-electron chi connectivity index (χ2n) is 4.32. The molecule has 0 aliphatic carbocycles. The summed E-state index contributed by atoms with van der Waals surface area (Å²) < 4.78 is 4.99. The van der Waals surface area contributed by atoms with Gasteiger partial charge in [0, 0.05) is 26.3 Å². The Morgan fingerprint density at radius 1 is 1.44 bits per heavy atom. The Labute approximate surface area is 99.3 Å². The molecule has 0 fully saturated rings. The van der Waals surface area contributed by atoms with Gasteiger partial charge in [0.25, 0.3) is 0 Å². The van der Waals surface area contributed by atoms with Crippen LogP contribution in [0.1, 0.15) is 33.6 Å². The highest BCUT2D eigenvalue weighted by atomic mass is 16.5. The van der Waals surface area contributed by atoms with E-state index in [-0.39, 0.29) is 18.0 Å². The highest BCUT2D eigenvalue weighted by molar-refractivity contribution is 5.81. The fourth-order valence-corrected chi connectivity index (χ4v) is 1.32. The second kappa shape index (κ2) is 8.53. The van der Waals surface area contributed by atoms with Crippen LogP contribution in [0.2, 0.25) is 0 Å². The Morgan fingerprint density at radius 3 is 2.56 bits per heavy atom. The fourth-order valence-electron chi connectivity index (χ4n) is 1.32. The summed E-state index contributed by atoms with van der Waals surface area (Å²) in [5.41, 5.74) is 0. The van der Waals surface area contributed by atoms with Crippen LogP contribution in [0.4, 0.5) is 0 Å². The zero-order chi connectivity index (χ0) is 12.6. The van der Waals surface area contributed by atoms with Gasteiger partial charge in [-0.3, -0.25) is 9.69 Å². The molecule has 1 amide bonds. The highest BCUT2D eigenvalue weighted by Crippen LogP contribution is 1.99. The van der Waals surface area contributed by atoms with E-state index in [2.05, 4.69) is 17.1 Å². The summed E-state index contributed by atoms with van der Waals surface area (Å²) >= 11 is 0. The van der Waals surface area contributed by atoms with Crippen molar-refractivity contribution in [3.05, 3.63) is 0 Å². The van der Waals surface area contributed by atoms with Crippen LogP contribution >= 0.6 is 0 Å². The maximum Gasteiger partial charge on any atom is 0.237 e. The minimum absolute atomic E-state index is 0.0779. The average molecular weight is 230 g/mol. The van der Waals surface area contributed by atoms with Gasteiger partial charge >= 0.3 is 0 Å². The van der Waals surface area contributed by atoms with Gasteiger partial charge < -0.3 is 10.1 Å². The molecule has 0 aromatic heterocycles. The summed E-state index contributed by atoms with van der Waals surface area (Å²) in [5.74, 6) is 0.106. The highest BCUT2D eigenvalue weighted by Gasteiger charge is 2.18.